The van der Waals surface area contributed by atoms with E-state index in [9.17, 15) is 4.79 Å². The second-order valence-electron chi connectivity index (χ2n) is 3.29. The molecule has 1 aromatic rings. The van der Waals surface area contributed by atoms with Gasteiger partial charge in [0.1, 0.15) is 5.75 Å². The molecule has 0 fully saturated rings. The molecule has 1 amide bonds. The molecule has 1 heterocycles. The molecule has 0 N–H and O–H groups in total. The summed E-state index contributed by atoms with van der Waals surface area (Å²) >= 11 is 0. The van der Waals surface area contributed by atoms with E-state index in [1.165, 1.54) is 6.08 Å². The topological polar surface area (TPSA) is 75.1 Å². The van der Waals surface area contributed by atoms with E-state index >= 15 is 0 Å². The predicted molar refractivity (Wildman–Crippen MR) is 58.8 cm³/mol. The highest BCUT2D eigenvalue weighted by molar-refractivity contribution is 5.92. The number of fused-ring (bicyclic) bond motifs is 1. The number of carbonyl (C=O) groups is 1. The van der Waals surface area contributed by atoms with Crippen molar-refractivity contribution in [3.05, 3.63) is 45.8 Å². The van der Waals surface area contributed by atoms with Crippen LogP contribution in [-0.4, -0.2) is 12.5 Å². The molecule has 1 aliphatic heterocycles. The van der Waals surface area contributed by atoms with Crippen LogP contribution in [0.3, 0.4) is 0 Å². The number of benzene rings is 1. The van der Waals surface area contributed by atoms with Crippen LogP contribution in [0.5, 0.6) is 5.75 Å². The highest BCUT2D eigenvalue weighted by atomic mass is 16.5. The summed E-state index contributed by atoms with van der Waals surface area (Å²) in [6.07, 6.45) is 3.72. The van der Waals surface area contributed by atoms with Gasteiger partial charge in [0.2, 0.25) is 5.91 Å². The third-order valence-corrected chi connectivity index (χ3v) is 2.29. The van der Waals surface area contributed by atoms with E-state index in [1.54, 1.807) is 6.08 Å². The predicted octanol–water partition coefficient (Wildman–Crippen LogP) is 2.47. The molecule has 80 valence electrons. The molecule has 2 rings (SSSR count). The average Bonchev–Trinajstić information content (AvgIpc) is 2.75. The third-order valence-electron chi connectivity index (χ3n) is 2.29. The molecule has 1 aromatic carbocycles. The first-order valence-electron chi connectivity index (χ1n) is 4.83. The quantitative estimate of drug-likeness (QED) is 0.329. The number of para-hydroxylation sites is 1. The van der Waals surface area contributed by atoms with Gasteiger partial charge in [-0.2, -0.15) is 0 Å². The standard InChI is InChI=1S/C11H9N3O2/c12-14-13-10(15)5-4-8-2-1-3-9-6-7-16-11(8)9/h1-5H,6-7H2. The summed E-state index contributed by atoms with van der Waals surface area (Å²) in [7, 11) is 0. The fraction of sp³-hybridized carbons (Fsp3) is 0.182. The molecule has 0 saturated heterocycles. The largest absolute Gasteiger partial charge is 0.492 e. The number of rotatable bonds is 2. The maximum atomic E-state index is 11.0. The van der Waals surface area contributed by atoms with Gasteiger partial charge in [-0.25, -0.2) is 0 Å². The number of hydrogen-bond acceptors (Lipinski definition) is 2. The Morgan fingerprint density at radius 1 is 1.56 bits per heavy atom. The molecular formula is C11H9N3O2. The molecule has 1 aliphatic rings. The summed E-state index contributed by atoms with van der Waals surface area (Å²) in [5.41, 5.74) is 10.0. The maximum Gasteiger partial charge on any atom is 0.242 e. The Balaban J connectivity index is 2.25. The van der Waals surface area contributed by atoms with Crippen molar-refractivity contribution in [3.8, 4) is 5.75 Å². The number of azide groups is 1. The van der Waals surface area contributed by atoms with E-state index in [0.29, 0.717) is 6.61 Å². The monoisotopic (exact) mass is 215 g/mol. The fourth-order valence-electron chi connectivity index (χ4n) is 1.61. The summed E-state index contributed by atoms with van der Waals surface area (Å²) in [5.74, 6) is 0.200. The second-order valence-corrected chi connectivity index (χ2v) is 3.29. The molecule has 0 unspecified atom stereocenters. The van der Waals surface area contributed by atoms with Crippen molar-refractivity contribution in [2.75, 3.05) is 6.61 Å². The molecule has 0 bridgehead atoms. The van der Waals surface area contributed by atoms with Crippen molar-refractivity contribution in [2.45, 2.75) is 6.42 Å². The summed E-state index contributed by atoms with van der Waals surface area (Å²) in [6, 6.07) is 5.75. The van der Waals surface area contributed by atoms with Gasteiger partial charge >= 0.3 is 0 Å². The van der Waals surface area contributed by atoms with Gasteiger partial charge < -0.3 is 4.74 Å². The molecule has 0 saturated carbocycles. The van der Waals surface area contributed by atoms with E-state index in [-0.39, 0.29) is 0 Å². The van der Waals surface area contributed by atoms with Gasteiger partial charge in [-0.05, 0) is 28.4 Å². The Labute approximate surface area is 92.0 Å². The normalized spacial score (nSPS) is 13.0. The zero-order chi connectivity index (χ0) is 11.4. The Bertz CT molecular complexity index is 502. The number of carbonyl (C=O) groups excluding carboxylic acids is 1. The second kappa shape index (κ2) is 4.51. The lowest BCUT2D eigenvalue weighted by molar-refractivity contribution is -0.113. The smallest absolute Gasteiger partial charge is 0.242 e. The van der Waals surface area contributed by atoms with E-state index in [4.69, 9.17) is 10.3 Å². The van der Waals surface area contributed by atoms with Gasteiger partial charge in [0.25, 0.3) is 0 Å². The Morgan fingerprint density at radius 3 is 3.25 bits per heavy atom. The van der Waals surface area contributed by atoms with Gasteiger partial charge in [-0.15, -0.1) is 0 Å². The summed E-state index contributed by atoms with van der Waals surface area (Å²) < 4.78 is 5.46. The molecule has 0 atom stereocenters. The minimum atomic E-state index is -0.613. The summed E-state index contributed by atoms with van der Waals surface area (Å²) in [5, 5.41) is 2.95. The Morgan fingerprint density at radius 2 is 2.44 bits per heavy atom. The molecule has 5 heteroatoms. The van der Waals surface area contributed by atoms with Gasteiger partial charge in [0.05, 0.1) is 6.61 Å². The first-order valence-corrected chi connectivity index (χ1v) is 4.83. The Kier molecular flexibility index (Phi) is 2.89. The lowest BCUT2D eigenvalue weighted by Crippen LogP contribution is -1.88. The van der Waals surface area contributed by atoms with Crippen LogP contribution >= 0.6 is 0 Å². The number of hydrogen-bond donors (Lipinski definition) is 0. The van der Waals surface area contributed by atoms with Crippen molar-refractivity contribution in [1.82, 2.24) is 0 Å². The SMILES string of the molecule is [N-]=[N+]=NC(=O)C=Cc1cccc2c1OCC2. The molecule has 5 nitrogen and oxygen atoms in total. The van der Waals surface area contributed by atoms with Gasteiger partial charge in [-0.3, -0.25) is 4.79 Å². The lowest BCUT2D eigenvalue weighted by Gasteiger charge is -2.02. The van der Waals surface area contributed by atoms with Gasteiger partial charge in [0.15, 0.2) is 0 Å². The van der Waals surface area contributed by atoms with Crippen LogP contribution in [0.1, 0.15) is 11.1 Å². The number of ether oxygens (including phenoxy) is 1. The van der Waals surface area contributed by atoms with Crippen LogP contribution in [0.2, 0.25) is 0 Å². The van der Waals surface area contributed by atoms with Crippen LogP contribution < -0.4 is 4.74 Å². The van der Waals surface area contributed by atoms with Crippen LogP contribution in [0.25, 0.3) is 16.5 Å². The number of amides is 1. The van der Waals surface area contributed by atoms with Crippen molar-refractivity contribution < 1.29 is 9.53 Å². The molecule has 0 radical (unpaired) electrons. The van der Waals surface area contributed by atoms with Gasteiger partial charge in [-0.1, -0.05) is 18.2 Å². The van der Waals surface area contributed by atoms with Crippen LogP contribution in [-0.2, 0) is 11.2 Å². The van der Waals surface area contributed by atoms with Crippen LogP contribution in [0.4, 0.5) is 0 Å². The lowest BCUT2D eigenvalue weighted by atomic mass is 10.1. The number of nitrogens with zero attached hydrogens (tertiary/aromatic N) is 3. The molecule has 0 aromatic heterocycles. The zero-order valence-electron chi connectivity index (χ0n) is 8.46. The molecule has 0 spiro atoms. The van der Waals surface area contributed by atoms with Crippen molar-refractivity contribution in [1.29, 1.82) is 0 Å². The van der Waals surface area contributed by atoms with Gasteiger partial charge in [0, 0.05) is 16.9 Å². The van der Waals surface area contributed by atoms with E-state index in [1.807, 2.05) is 18.2 Å². The first-order chi connectivity index (χ1) is 7.81. The maximum absolute atomic E-state index is 11.0. The molecular weight excluding hydrogens is 206 g/mol. The zero-order valence-corrected chi connectivity index (χ0v) is 8.46. The first kappa shape index (κ1) is 10.3. The molecule has 0 aliphatic carbocycles. The minimum Gasteiger partial charge on any atom is -0.492 e. The van der Waals surface area contributed by atoms with Crippen LogP contribution in [0.15, 0.2) is 29.4 Å². The van der Waals surface area contributed by atoms with Crippen molar-refractivity contribution in [3.63, 3.8) is 0 Å². The fourth-order valence-corrected chi connectivity index (χ4v) is 1.61. The molecule has 16 heavy (non-hydrogen) atoms. The summed E-state index contributed by atoms with van der Waals surface area (Å²) in [6.45, 7) is 0.671. The minimum absolute atomic E-state index is 0.613. The van der Waals surface area contributed by atoms with Crippen LogP contribution in [0, 0.1) is 0 Å². The van der Waals surface area contributed by atoms with Crippen molar-refractivity contribution in [2.24, 2.45) is 5.11 Å². The third kappa shape index (κ3) is 2.04. The Hall–Kier alpha value is -2.26. The van der Waals surface area contributed by atoms with E-state index < -0.39 is 5.91 Å². The van der Waals surface area contributed by atoms with E-state index in [0.717, 1.165) is 23.3 Å². The highest BCUT2D eigenvalue weighted by Gasteiger charge is 2.13. The van der Waals surface area contributed by atoms with E-state index in [2.05, 4.69) is 10.0 Å². The van der Waals surface area contributed by atoms with Crippen molar-refractivity contribution >= 4 is 12.0 Å². The summed E-state index contributed by atoms with van der Waals surface area (Å²) in [4.78, 5) is 13.4. The highest BCUT2D eigenvalue weighted by Crippen LogP contribution is 2.30. The average molecular weight is 215 g/mol.